The summed E-state index contributed by atoms with van der Waals surface area (Å²) in [4.78, 5) is 31.3. The Morgan fingerprint density at radius 2 is 1.61 bits per heavy atom. The number of hydrogen-bond acceptors (Lipinski definition) is 3. The first-order valence-corrected chi connectivity index (χ1v) is 12.3. The van der Waals surface area contributed by atoms with Gasteiger partial charge in [-0.05, 0) is 48.4 Å². The number of nitrogens with zero attached hydrogens (tertiary/aromatic N) is 2. The molecule has 0 fully saturated rings. The molecule has 0 saturated heterocycles. The van der Waals surface area contributed by atoms with Crippen molar-refractivity contribution in [2.45, 2.75) is 46.7 Å². The molecule has 0 aliphatic heterocycles. The SMILES string of the molecule is CCCCN(CC(=O)N(Cc1ccccc1)Cc1cccs1)C(=O)Nc1c(C)cccc1C. The summed E-state index contributed by atoms with van der Waals surface area (Å²) in [6, 6.07) is 19.7. The number of anilines is 1. The van der Waals surface area contributed by atoms with Crippen molar-refractivity contribution in [3.8, 4) is 0 Å². The van der Waals surface area contributed by atoms with Gasteiger partial charge in [0, 0.05) is 23.7 Å². The van der Waals surface area contributed by atoms with Crippen molar-refractivity contribution < 1.29 is 9.59 Å². The van der Waals surface area contributed by atoms with Crippen molar-refractivity contribution in [1.82, 2.24) is 9.80 Å². The van der Waals surface area contributed by atoms with Crippen LogP contribution in [0.3, 0.4) is 0 Å². The summed E-state index contributed by atoms with van der Waals surface area (Å²) < 4.78 is 0. The van der Waals surface area contributed by atoms with Crippen molar-refractivity contribution >= 4 is 29.0 Å². The van der Waals surface area contributed by atoms with Gasteiger partial charge < -0.3 is 15.1 Å². The van der Waals surface area contributed by atoms with Crippen LogP contribution in [0, 0.1) is 13.8 Å². The van der Waals surface area contributed by atoms with Crippen LogP contribution in [0.25, 0.3) is 0 Å². The number of para-hydroxylation sites is 1. The fraction of sp³-hybridized carbons (Fsp3) is 0.333. The van der Waals surface area contributed by atoms with Crippen LogP contribution in [0.15, 0.2) is 66.0 Å². The van der Waals surface area contributed by atoms with Crippen molar-refractivity contribution in [3.05, 3.63) is 87.6 Å². The van der Waals surface area contributed by atoms with E-state index in [0.717, 1.165) is 40.1 Å². The molecular weight excluding hydrogens is 430 g/mol. The quantitative estimate of drug-likeness (QED) is 0.388. The second-order valence-electron chi connectivity index (χ2n) is 8.29. The van der Waals surface area contributed by atoms with Gasteiger partial charge in [0.2, 0.25) is 5.91 Å². The van der Waals surface area contributed by atoms with Gasteiger partial charge in [-0.3, -0.25) is 4.79 Å². The Morgan fingerprint density at radius 3 is 2.24 bits per heavy atom. The first kappa shape index (κ1) is 24.5. The Hall–Kier alpha value is -3.12. The van der Waals surface area contributed by atoms with E-state index in [2.05, 4.69) is 12.2 Å². The Balaban J connectivity index is 1.76. The molecule has 3 rings (SSSR count). The van der Waals surface area contributed by atoms with Crippen LogP contribution < -0.4 is 5.32 Å². The van der Waals surface area contributed by atoms with Crippen LogP contribution >= 0.6 is 11.3 Å². The van der Waals surface area contributed by atoms with Crippen LogP contribution in [0.5, 0.6) is 0 Å². The van der Waals surface area contributed by atoms with Gasteiger partial charge in [0.25, 0.3) is 0 Å². The fourth-order valence-corrected chi connectivity index (χ4v) is 4.41. The molecule has 5 nitrogen and oxygen atoms in total. The highest BCUT2D eigenvalue weighted by Gasteiger charge is 2.22. The van der Waals surface area contributed by atoms with Crippen LogP contribution in [0.4, 0.5) is 10.5 Å². The largest absolute Gasteiger partial charge is 0.332 e. The second-order valence-corrected chi connectivity index (χ2v) is 9.32. The lowest BCUT2D eigenvalue weighted by molar-refractivity contribution is -0.133. The highest BCUT2D eigenvalue weighted by molar-refractivity contribution is 7.09. The van der Waals surface area contributed by atoms with Gasteiger partial charge in [-0.15, -0.1) is 11.3 Å². The molecule has 0 aliphatic carbocycles. The summed E-state index contributed by atoms with van der Waals surface area (Å²) in [7, 11) is 0. The molecule has 0 unspecified atom stereocenters. The number of rotatable bonds is 10. The number of carbonyl (C=O) groups is 2. The van der Waals surface area contributed by atoms with Crippen molar-refractivity contribution in [2.75, 3.05) is 18.4 Å². The lowest BCUT2D eigenvalue weighted by Crippen LogP contribution is -2.44. The molecule has 174 valence electrons. The molecule has 3 amide bonds. The summed E-state index contributed by atoms with van der Waals surface area (Å²) in [6.45, 7) is 7.68. The van der Waals surface area contributed by atoms with E-state index in [4.69, 9.17) is 0 Å². The van der Waals surface area contributed by atoms with Gasteiger partial charge in [-0.1, -0.05) is 67.9 Å². The summed E-state index contributed by atoms with van der Waals surface area (Å²) in [5.74, 6) is -0.0555. The zero-order valence-corrected chi connectivity index (χ0v) is 20.5. The van der Waals surface area contributed by atoms with Crippen molar-refractivity contribution in [3.63, 3.8) is 0 Å². The molecule has 0 bridgehead atoms. The van der Waals surface area contributed by atoms with E-state index in [0.29, 0.717) is 19.6 Å². The maximum absolute atomic E-state index is 13.4. The number of unbranched alkanes of at least 4 members (excludes halogenated alkanes) is 1. The van der Waals surface area contributed by atoms with Gasteiger partial charge in [0.05, 0.1) is 6.54 Å². The summed E-state index contributed by atoms with van der Waals surface area (Å²) in [5.41, 5.74) is 3.90. The van der Waals surface area contributed by atoms with E-state index < -0.39 is 0 Å². The van der Waals surface area contributed by atoms with E-state index >= 15 is 0 Å². The lowest BCUT2D eigenvalue weighted by atomic mass is 10.1. The van der Waals surface area contributed by atoms with Gasteiger partial charge in [-0.25, -0.2) is 4.79 Å². The molecule has 0 aliphatic rings. The third-order valence-electron chi connectivity index (χ3n) is 5.60. The minimum Gasteiger partial charge on any atom is -0.332 e. The molecule has 0 spiro atoms. The van der Waals surface area contributed by atoms with E-state index in [1.807, 2.05) is 84.8 Å². The normalized spacial score (nSPS) is 10.6. The van der Waals surface area contributed by atoms with Crippen LogP contribution in [-0.2, 0) is 17.9 Å². The topological polar surface area (TPSA) is 52.7 Å². The third-order valence-corrected chi connectivity index (χ3v) is 6.46. The Morgan fingerprint density at radius 1 is 0.879 bits per heavy atom. The summed E-state index contributed by atoms with van der Waals surface area (Å²) in [6.07, 6.45) is 1.79. The maximum Gasteiger partial charge on any atom is 0.322 e. The number of benzene rings is 2. The smallest absolute Gasteiger partial charge is 0.322 e. The monoisotopic (exact) mass is 463 g/mol. The standard InChI is InChI=1S/C27H33N3O2S/c1-4-5-16-29(27(32)28-26-21(2)11-9-12-22(26)3)20-25(31)30(19-24-15-10-17-33-24)18-23-13-7-6-8-14-23/h6-15,17H,4-5,16,18-20H2,1-3H3,(H,28,32). The first-order valence-electron chi connectivity index (χ1n) is 11.4. The molecule has 3 aromatic rings. The number of carbonyl (C=O) groups excluding carboxylic acids is 2. The molecule has 1 aromatic heterocycles. The number of amides is 3. The fourth-order valence-electron chi connectivity index (χ4n) is 3.69. The third kappa shape index (κ3) is 7.19. The maximum atomic E-state index is 13.4. The molecule has 0 saturated carbocycles. The Bertz CT molecular complexity index is 1010. The van der Waals surface area contributed by atoms with Crippen molar-refractivity contribution in [1.29, 1.82) is 0 Å². The molecule has 1 N–H and O–H groups in total. The van der Waals surface area contributed by atoms with Gasteiger partial charge in [-0.2, -0.15) is 0 Å². The number of aryl methyl sites for hydroxylation is 2. The highest BCUT2D eigenvalue weighted by Crippen LogP contribution is 2.20. The predicted molar refractivity (Wildman–Crippen MR) is 136 cm³/mol. The summed E-state index contributed by atoms with van der Waals surface area (Å²) in [5, 5.41) is 5.07. The van der Waals surface area contributed by atoms with E-state index in [-0.39, 0.29) is 18.5 Å². The first-order chi connectivity index (χ1) is 16.0. The number of thiophene rings is 1. The second kappa shape index (κ2) is 12.2. The number of urea groups is 1. The van der Waals surface area contributed by atoms with Crippen LogP contribution in [0.2, 0.25) is 0 Å². The van der Waals surface area contributed by atoms with E-state index in [1.54, 1.807) is 16.2 Å². The Labute approximate surface area is 201 Å². The Kier molecular flexibility index (Phi) is 9.07. The number of nitrogens with one attached hydrogen (secondary N) is 1. The molecule has 2 aromatic carbocycles. The molecule has 0 atom stereocenters. The van der Waals surface area contributed by atoms with Crippen LogP contribution in [0.1, 0.15) is 41.3 Å². The van der Waals surface area contributed by atoms with Gasteiger partial charge in [0.15, 0.2) is 0 Å². The van der Waals surface area contributed by atoms with E-state index in [1.165, 1.54) is 0 Å². The zero-order valence-electron chi connectivity index (χ0n) is 19.7. The van der Waals surface area contributed by atoms with Gasteiger partial charge >= 0.3 is 6.03 Å². The predicted octanol–water partition coefficient (Wildman–Crippen LogP) is 6.23. The summed E-state index contributed by atoms with van der Waals surface area (Å²) >= 11 is 1.64. The molecular formula is C27H33N3O2S. The minimum atomic E-state index is -0.231. The van der Waals surface area contributed by atoms with Gasteiger partial charge in [0.1, 0.15) is 6.54 Å². The average molecular weight is 464 g/mol. The van der Waals surface area contributed by atoms with E-state index in [9.17, 15) is 9.59 Å². The van der Waals surface area contributed by atoms with Crippen LogP contribution in [-0.4, -0.2) is 34.8 Å². The number of hydrogen-bond donors (Lipinski definition) is 1. The average Bonchev–Trinajstić information content (AvgIpc) is 3.32. The lowest BCUT2D eigenvalue weighted by Gasteiger charge is -2.28. The molecule has 6 heteroatoms. The molecule has 1 heterocycles. The zero-order chi connectivity index (χ0) is 23.6. The molecule has 0 radical (unpaired) electrons. The van der Waals surface area contributed by atoms with Crippen molar-refractivity contribution in [2.24, 2.45) is 0 Å². The molecule has 33 heavy (non-hydrogen) atoms. The highest BCUT2D eigenvalue weighted by atomic mass is 32.1. The minimum absolute atomic E-state index is 0.0506.